The predicted molar refractivity (Wildman–Crippen MR) is 84.2 cm³/mol. The number of rotatable bonds is 5. The Morgan fingerprint density at radius 3 is 2.62 bits per heavy atom. The van der Waals surface area contributed by atoms with Crippen molar-refractivity contribution in [1.29, 1.82) is 0 Å². The highest BCUT2D eigenvalue weighted by molar-refractivity contribution is 9.10. The molecule has 1 aromatic carbocycles. The van der Waals surface area contributed by atoms with Crippen LogP contribution < -0.4 is 10.5 Å². The molecule has 0 saturated carbocycles. The quantitative estimate of drug-likeness (QED) is 0.844. The summed E-state index contributed by atoms with van der Waals surface area (Å²) in [4.78, 5) is 0.150. The Morgan fingerprint density at radius 1 is 1.29 bits per heavy atom. The number of hydrogen-bond acceptors (Lipinski definition) is 4. The third kappa shape index (κ3) is 3.55. The lowest BCUT2D eigenvalue weighted by Crippen LogP contribution is -2.25. The first kappa shape index (κ1) is 16.2. The maximum Gasteiger partial charge on any atom is 0.244 e. The van der Waals surface area contributed by atoms with Gasteiger partial charge in [-0.3, -0.25) is 0 Å². The van der Waals surface area contributed by atoms with E-state index in [4.69, 9.17) is 10.2 Å². The lowest BCUT2D eigenvalue weighted by atomic mass is 10.2. The van der Waals surface area contributed by atoms with Gasteiger partial charge in [-0.15, -0.1) is 0 Å². The Hall–Kier alpha value is -1.15. The fourth-order valence-electron chi connectivity index (χ4n) is 2.20. The van der Waals surface area contributed by atoms with Crippen molar-refractivity contribution in [1.82, 2.24) is 4.72 Å². The molecule has 0 atom stereocenters. The van der Waals surface area contributed by atoms with Gasteiger partial charge in [0.1, 0.15) is 16.4 Å². The Labute approximate surface area is 132 Å². The summed E-state index contributed by atoms with van der Waals surface area (Å²) in [6.07, 6.45) is 0. The van der Waals surface area contributed by atoms with E-state index in [1.54, 1.807) is 13.8 Å². The molecule has 7 heteroatoms. The number of benzene rings is 1. The van der Waals surface area contributed by atoms with Crippen molar-refractivity contribution in [2.75, 3.05) is 0 Å². The molecule has 1 heterocycles. The summed E-state index contributed by atoms with van der Waals surface area (Å²) in [5.41, 5.74) is 7.01. The number of furan rings is 1. The van der Waals surface area contributed by atoms with Crippen molar-refractivity contribution in [2.45, 2.75) is 31.8 Å². The van der Waals surface area contributed by atoms with Crippen molar-refractivity contribution in [3.63, 3.8) is 0 Å². The average Bonchev–Trinajstić information content (AvgIpc) is 2.71. The van der Waals surface area contributed by atoms with Crippen molar-refractivity contribution in [3.05, 3.63) is 51.4 Å². The molecule has 0 aliphatic carbocycles. The summed E-state index contributed by atoms with van der Waals surface area (Å²) in [5.74, 6) is 0.896. The molecule has 2 aromatic rings. The summed E-state index contributed by atoms with van der Waals surface area (Å²) in [6.45, 7) is 3.66. The van der Waals surface area contributed by atoms with Gasteiger partial charge in [0.15, 0.2) is 0 Å². The van der Waals surface area contributed by atoms with E-state index in [9.17, 15) is 8.42 Å². The zero-order chi connectivity index (χ0) is 15.6. The molecule has 0 amide bonds. The highest BCUT2D eigenvalue weighted by atomic mass is 79.9. The average molecular weight is 373 g/mol. The zero-order valence-corrected chi connectivity index (χ0v) is 14.2. The van der Waals surface area contributed by atoms with E-state index >= 15 is 0 Å². The highest BCUT2D eigenvalue weighted by Gasteiger charge is 2.25. The van der Waals surface area contributed by atoms with Crippen molar-refractivity contribution >= 4 is 26.0 Å². The Kier molecular flexibility index (Phi) is 4.88. The first-order valence-electron chi connectivity index (χ1n) is 6.38. The van der Waals surface area contributed by atoms with Crippen LogP contribution in [0, 0.1) is 13.8 Å². The molecule has 0 aliphatic rings. The van der Waals surface area contributed by atoms with Gasteiger partial charge in [0, 0.05) is 23.1 Å². The van der Waals surface area contributed by atoms with Gasteiger partial charge >= 0.3 is 0 Å². The molecule has 3 N–H and O–H groups in total. The number of halogens is 1. The first-order chi connectivity index (χ1) is 9.85. The van der Waals surface area contributed by atoms with Gasteiger partial charge in [-0.1, -0.05) is 28.1 Å². The van der Waals surface area contributed by atoms with Crippen molar-refractivity contribution in [2.24, 2.45) is 5.73 Å². The van der Waals surface area contributed by atoms with Crippen molar-refractivity contribution < 1.29 is 12.8 Å². The van der Waals surface area contributed by atoms with E-state index in [0.29, 0.717) is 17.1 Å². The second kappa shape index (κ2) is 6.31. The normalized spacial score (nSPS) is 11.8. The largest absolute Gasteiger partial charge is 0.465 e. The van der Waals surface area contributed by atoms with Crippen LogP contribution in [0.4, 0.5) is 0 Å². The van der Waals surface area contributed by atoms with Gasteiger partial charge in [0.25, 0.3) is 0 Å². The summed E-state index contributed by atoms with van der Waals surface area (Å²) in [6, 6.07) is 7.45. The van der Waals surface area contributed by atoms with Gasteiger partial charge in [-0.05, 0) is 31.5 Å². The molecule has 0 fully saturated rings. The summed E-state index contributed by atoms with van der Waals surface area (Å²) >= 11 is 3.36. The monoisotopic (exact) mass is 372 g/mol. The van der Waals surface area contributed by atoms with Gasteiger partial charge in [-0.25, -0.2) is 13.1 Å². The van der Waals surface area contributed by atoms with Crippen LogP contribution in [0.5, 0.6) is 0 Å². The zero-order valence-electron chi connectivity index (χ0n) is 11.8. The molecule has 114 valence electrons. The fraction of sp³-hybridized carbons (Fsp3) is 0.286. The Morgan fingerprint density at radius 2 is 2.00 bits per heavy atom. The SMILES string of the molecule is Cc1oc(C)c(S(=O)(=O)NCc2cccc(Br)c2)c1CN. The topological polar surface area (TPSA) is 85.3 Å². The molecule has 0 unspecified atom stereocenters. The molecule has 0 radical (unpaired) electrons. The van der Waals surface area contributed by atoms with Gasteiger partial charge < -0.3 is 10.2 Å². The summed E-state index contributed by atoms with van der Waals surface area (Å²) < 4.78 is 33.8. The van der Waals surface area contributed by atoms with Crippen molar-refractivity contribution in [3.8, 4) is 0 Å². The highest BCUT2D eigenvalue weighted by Crippen LogP contribution is 2.26. The lowest BCUT2D eigenvalue weighted by molar-refractivity contribution is 0.494. The number of hydrogen-bond donors (Lipinski definition) is 2. The molecule has 2 rings (SSSR count). The number of sulfonamides is 1. The number of aryl methyl sites for hydroxylation is 2. The minimum atomic E-state index is -3.66. The standard InChI is InChI=1S/C14H17BrN2O3S/c1-9-13(7-16)14(10(2)20-9)21(18,19)17-8-11-4-3-5-12(15)6-11/h3-6,17H,7-8,16H2,1-2H3. The van der Waals surface area contributed by atoms with Crippen LogP contribution in [0.15, 0.2) is 38.1 Å². The minimum Gasteiger partial charge on any atom is -0.465 e. The van der Waals surface area contributed by atoms with Gasteiger partial charge in [0.05, 0.1) is 0 Å². The minimum absolute atomic E-state index is 0.121. The van der Waals surface area contributed by atoms with Crippen LogP contribution >= 0.6 is 15.9 Å². The van der Waals surface area contributed by atoms with E-state index in [-0.39, 0.29) is 18.0 Å². The number of nitrogens with two attached hydrogens (primary N) is 1. The second-order valence-corrected chi connectivity index (χ2v) is 7.30. The molecule has 0 saturated heterocycles. The van der Waals surface area contributed by atoms with Crippen LogP contribution in [0.3, 0.4) is 0 Å². The third-order valence-corrected chi connectivity index (χ3v) is 5.24. The smallest absolute Gasteiger partial charge is 0.244 e. The summed E-state index contributed by atoms with van der Waals surface area (Å²) in [5, 5.41) is 0. The second-order valence-electron chi connectivity index (χ2n) is 4.68. The molecule has 1 aromatic heterocycles. The van der Waals surface area contributed by atoms with Crippen LogP contribution in [-0.4, -0.2) is 8.42 Å². The number of nitrogens with one attached hydrogen (secondary N) is 1. The summed E-state index contributed by atoms with van der Waals surface area (Å²) in [7, 11) is -3.66. The third-order valence-electron chi connectivity index (χ3n) is 3.15. The lowest BCUT2D eigenvalue weighted by Gasteiger charge is -2.08. The molecular weight excluding hydrogens is 356 g/mol. The van der Waals surface area contributed by atoms with E-state index in [1.807, 2.05) is 24.3 Å². The molecule has 21 heavy (non-hydrogen) atoms. The maximum atomic E-state index is 12.5. The van der Waals surface area contributed by atoms with Crippen LogP contribution in [0.1, 0.15) is 22.6 Å². The van der Waals surface area contributed by atoms with Crippen LogP contribution in [0.2, 0.25) is 0 Å². The molecule has 0 spiro atoms. The first-order valence-corrected chi connectivity index (χ1v) is 8.66. The molecular formula is C14H17BrN2O3S. The van der Waals surface area contributed by atoms with E-state index in [0.717, 1.165) is 10.0 Å². The molecule has 0 aliphatic heterocycles. The molecule has 5 nitrogen and oxygen atoms in total. The van der Waals surface area contributed by atoms with Gasteiger partial charge in [-0.2, -0.15) is 0 Å². The Bertz CT molecular complexity index is 754. The van der Waals surface area contributed by atoms with E-state index in [2.05, 4.69) is 20.7 Å². The van der Waals surface area contributed by atoms with E-state index in [1.165, 1.54) is 0 Å². The van der Waals surface area contributed by atoms with E-state index < -0.39 is 10.0 Å². The predicted octanol–water partition coefficient (Wildman–Crippen LogP) is 2.60. The van der Waals surface area contributed by atoms with Gasteiger partial charge in [0.2, 0.25) is 10.0 Å². The Balaban J connectivity index is 2.27. The van der Waals surface area contributed by atoms with Crippen LogP contribution in [0.25, 0.3) is 0 Å². The molecule has 0 bridgehead atoms. The van der Waals surface area contributed by atoms with Crippen LogP contribution in [-0.2, 0) is 23.1 Å². The maximum absolute atomic E-state index is 12.5. The fourth-order valence-corrected chi connectivity index (χ4v) is 4.11.